The van der Waals surface area contributed by atoms with Crippen LogP contribution in [0.3, 0.4) is 0 Å². The fourth-order valence-corrected chi connectivity index (χ4v) is 1.92. The van der Waals surface area contributed by atoms with Crippen LogP contribution in [-0.4, -0.2) is 17.6 Å². The van der Waals surface area contributed by atoms with E-state index >= 15 is 0 Å². The van der Waals surface area contributed by atoms with E-state index in [-0.39, 0.29) is 11.5 Å². The van der Waals surface area contributed by atoms with Gasteiger partial charge in [-0.1, -0.05) is 18.2 Å². The number of allylic oxidation sites excluding steroid dienone is 2. The summed E-state index contributed by atoms with van der Waals surface area (Å²) in [5, 5.41) is 0.0243. The van der Waals surface area contributed by atoms with Crippen LogP contribution in [0.15, 0.2) is 21.8 Å². The second kappa shape index (κ2) is 3.68. The van der Waals surface area contributed by atoms with Gasteiger partial charge in [-0.15, -0.1) is 11.6 Å². The normalized spacial score (nSPS) is 35.0. The van der Waals surface area contributed by atoms with Crippen LogP contribution in [0.1, 0.15) is 12.8 Å². The van der Waals surface area contributed by atoms with Gasteiger partial charge in [-0.05, 0) is 35.4 Å². The molecular formula is C9H10ClIO. The SMILES string of the molecule is ClC1C(I)=CC=CC1OC1CC1. The molecule has 0 aliphatic heterocycles. The Kier molecular flexibility index (Phi) is 2.77. The largest absolute Gasteiger partial charge is 0.369 e. The molecule has 66 valence electrons. The molecule has 0 N–H and O–H groups in total. The zero-order valence-corrected chi connectivity index (χ0v) is 9.46. The lowest BCUT2D eigenvalue weighted by atomic mass is 10.1. The summed E-state index contributed by atoms with van der Waals surface area (Å²) in [6.07, 6.45) is 9.07. The molecule has 0 heterocycles. The summed E-state index contributed by atoms with van der Waals surface area (Å²) < 4.78 is 6.89. The maximum absolute atomic E-state index is 6.15. The fourth-order valence-electron chi connectivity index (χ4n) is 1.14. The van der Waals surface area contributed by atoms with Gasteiger partial charge in [-0.25, -0.2) is 0 Å². The fraction of sp³-hybridized carbons (Fsp3) is 0.556. The van der Waals surface area contributed by atoms with Crippen LogP contribution in [0.4, 0.5) is 0 Å². The smallest absolute Gasteiger partial charge is 0.0971 e. The van der Waals surface area contributed by atoms with Gasteiger partial charge in [-0.2, -0.15) is 0 Å². The van der Waals surface area contributed by atoms with E-state index in [0.717, 1.165) is 0 Å². The van der Waals surface area contributed by atoms with Crippen molar-refractivity contribution in [2.24, 2.45) is 0 Å². The summed E-state index contributed by atoms with van der Waals surface area (Å²) in [5.74, 6) is 0. The van der Waals surface area contributed by atoms with Crippen LogP contribution in [0.25, 0.3) is 0 Å². The second-order valence-corrected chi connectivity index (χ2v) is 4.85. The highest BCUT2D eigenvalue weighted by molar-refractivity contribution is 14.1. The third-order valence-corrected chi connectivity index (χ3v) is 3.86. The van der Waals surface area contributed by atoms with Gasteiger partial charge in [0.2, 0.25) is 0 Å². The van der Waals surface area contributed by atoms with Crippen molar-refractivity contribution >= 4 is 34.2 Å². The molecule has 12 heavy (non-hydrogen) atoms. The molecule has 2 aliphatic rings. The van der Waals surface area contributed by atoms with Gasteiger partial charge in [0, 0.05) is 3.58 Å². The Balaban J connectivity index is 1.97. The summed E-state index contributed by atoms with van der Waals surface area (Å²) in [6, 6.07) is 0. The van der Waals surface area contributed by atoms with Crippen LogP contribution in [-0.2, 0) is 4.74 Å². The molecule has 0 spiro atoms. The van der Waals surface area contributed by atoms with Crippen molar-refractivity contribution < 1.29 is 4.74 Å². The standard InChI is InChI=1S/C9H10ClIO/c10-9-7(11)2-1-3-8(9)12-6-4-5-6/h1-3,6,8-9H,4-5H2. The second-order valence-electron chi connectivity index (χ2n) is 3.14. The Bertz CT molecular complexity index is 233. The number of ether oxygens (including phenoxy) is 1. The van der Waals surface area contributed by atoms with E-state index in [0.29, 0.717) is 6.10 Å². The predicted octanol–water partition coefficient (Wildman–Crippen LogP) is 3.03. The van der Waals surface area contributed by atoms with Gasteiger partial charge in [0.15, 0.2) is 0 Å². The monoisotopic (exact) mass is 296 g/mol. The molecule has 1 fully saturated rings. The minimum Gasteiger partial charge on any atom is -0.369 e. The molecule has 0 radical (unpaired) electrons. The highest BCUT2D eigenvalue weighted by Crippen LogP contribution is 2.32. The van der Waals surface area contributed by atoms with Gasteiger partial charge >= 0.3 is 0 Å². The minimum absolute atomic E-state index is 0.0243. The first-order valence-corrected chi connectivity index (χ1v) is 5.62. The quantitative estimate of drug-likeness (QED) is 0.562. The van der Waals surface area contributed by atoms with Crippen molar-refractivity contribution in [1.82, 2.24) is 0 Å². The summed E-state index contributed by atoms with van der Waals surface area (Å²) in [7, 11) is 0. The molecule has 1 saturated carbocycles. The topological polar surface area (TPSA) is 9.23 Å². The average molecular weight is 297 g/mol. The van der Waals surface area contributed by atoms with Crippen LogP contribution in [0.5, 0.6) is 0 Å². The first-order chi connectivity index (χ1) is 5.77. The van der Waals surface area contributed by atoms with Gasteiger partial charge in [0.25, 0.3) is 0 Å². The highest BCUT2D eigenvalue weighted by Gasteiger charge is 2.30. The molecule has 2 rings (SSSR count). The Morgan fingerprint density at radius 2 is 2.25 bits per heavy atom. The summed E-state index contributed by atoms with van der Waals surface area (Å²) in [5.41, 5.74) is 0. The van der Waals surface area contributed by atoms with E-state index in [1.54, 1.807) is 0 Å². The summed E-state index contributed by atoms with van der Waals surface area (Å²) in [6.45, 7) is 0. The van der Waals surface area contributed by atoms with Gasteiger partial charge in [0.1, 0.15) is 0 Å². The van der Waals surface area contributed by atoms with E-state index in [1.807, 2.05) is 18.2 Å². The van der Waals surface area contributed by atoms with Gasteiger partial charge in [0.05, 0.1) is 17.6 Å². The third kappa shape index (κ3) is 2.03. The van der Waals surface area contributed by atoms with E-state index in [2.05, 4.69) is 22.6 Å². The lowest BCUT2D eigenvalue weighted by Crippen LogP contribution is -2.25. The van der Waals surface area contributed by atoms with Crippen molar-refractivity contribution in [3.63, 3.8) is 0 Å². The van der Waals surface area contributed by atoms with Crippen LogP contribution < -0.4 is 0 Å². The Morgan fingerprint density at radius 3 is 2.92 bits per heavy atom. The molecule has 1 nitrogen and oxygen atoms in total. The molecule has 2 aliphatic carbocycles. The molecular weight excluding hydrogens is 286 g/mol. The molecule has 0 saturated heterocycles. The van der Waals surface area contributed by atoms with Gasteiger partial charge in [-0.3, -0.25) is 0 Å². The molecule has 2 unspecified atom stereocenters. The van der Waals surface area contributed by atoms with Crippen molar-refractivity contribution in [3.05, 3.63) is 21.8 Å². The highest BCUT2D eigenvalue weighted by atomic mass is 127. The molecule has 0 amide bonds. The van der Waals surface area contributed by atoms with Crippen LogP contribution in [0, 0.1) is 0 Å². The van der Waals surface area contributed by atoms with Gasteiger partial charge < -0.3 is 4.74 Å². The number of rotatable bonds is 2. The van der Waals surface area contributed by atoms with Crippen molar-refractivity contribution in [1.29, 1.82) is 0 Å². The number of alkyl halides is 1. The predicted molar refractivity (Wildman–Crippen MR) is 58.8 cm³/mol. The molecule has 2 atom stereocenters. The minimum atomic E-state index is 0.0243. The van der Waals surface area contributed by atoms with E-state index in [1.165, 1.54) is 16.4 Å². The average Bonchev–Trinajstić information content (AvgIpc) is 2.83. The number of hydrogen-bond acceptors (Lipinski definition) is 1. The van der Waals surface area contributed by atoms with Crippen LogP contribution >= 0.6 is 34.2 Å². The summed E-state index contributed by atoms with van der Waals surface area (Å²) >= 11 is 8.42. The lowest BCUT2D eigenvalue weighted by molar-refractivity contribution is 0.0743. The maximum atomic E-state index is 6.15. The number of halogens is 2. The molecule has 0 bridgehead atoms. The Morgan fingerprint density at radius 1 is 1.50 bits per heavy atom. The maximum Gasteiger partial charge on any atom is 0.0971 e. The van der Waals surface area contributed by atoms with Crippen molar-refractivity contribution in [2.45, 2.75) is 30.4 Å². The first-order valence-electron chi connectivity index (χ1n) is 4.11. The molecule has 3 heteroatoms. The zero-order valence-electron chi connectivity index (χ0n) is 6.54. The Hall–Kier alpha value is 0.460. The number of hydrogen-bond donors (Lipinski definition) is 0. The Labute approximate surface area is 90.9 Å². The van der Waals surface area contributed by atoms with Crippen molar-refractivity contribution in [3.8, 4) is 0 Å². The van der Waals surface area contributed by atoms with E-state index < -0.39 is 0 Å². The van der Waals surface area contributed by atoms with E-state index in [4.69, 9.17) is 16.3 Å². The molecule has 0 aromatic carbocycles. The van der Waals surface area contributed by atoms with Crippen LogP contribution in [0.2, 0.25) is 0 Å². The molecule has 0 aromatic rings. The van der Waals surface area contributed by atoms with Crippen molar-refractivity contribution in [2.75, 3.05) is 0 Å². The zero-order chi connectivity index (χ0) is 8.55. The lowest BCUT2D eigenvalue weighted by Gasteiger charge is -2.21. The first kappa shape index (κ1) is 9.03. The molecule has 0 aromatic heterocycles. The summed E-state index contributed by atoms with van der Waals surface area (Å²) in [4.78, 5) is 0. The van der Waals surface area contributed by atoms with E-state index in [9.17, 15) is 0 Å². The third-order valence-electron chi connectivity index (χ3n) is 1.98.